The van der Waals surface area contributed by atoms with E-state index < -0.39 is 9.84 Å². The quantitative estimate of drug-likeness (QED) is 0.715. The van der Waals surface area contributed by atoms with Gasteiger partial charge in [0.15, 0.2) is 14.6 Å². The van der Waals surface area contributed by atoms with E-state index in [1.807, 2.05) is 0 Å². The molecule has 0 radical (unpaired) electrons. The Labute approximate surface area is 87.0 Å². The van der Waals surface area contributed by atoms with E-state index in [1.165, 1.54) is 4.57 Å². The molecule has 6 nitrogen and oxygen atoms in total. The van der Waals surface area contributed by atoms with Crippen LogP contribution in [-0.2, 0) is 16.4 Å². The predicted octanol–water partition coefficient (Wildman–Crippen LogP) is -0.0424. The monoisotopic (exact) mass is 236 g/mol. The van der Waals surface area contributed by atoms with E-state index in [0.717, 1.165) is 0 Å². The first-order valence-corrected chi connectivity index (χ1v) is 6.30. The van der Waals surface area contributed by atoms with Gasteiger partial charge in [-0.25, -0.2) is 13.5 Å². The van der Waals surface area contributed by atoms with Crippen LogP contribution in [0.25, 0.3) is 0 Å². The number of H-pyrrole nitrogens is 1. The molecule has 1 aromatic heterocycles. The van der Waals surface area contributed by atoms with Crippen molar-refractivity contribution in [2.75, 3.05) is 17.2 Å². The molecule has 8 heteroatoms. The molecule has 14 heavy (non-hydrogen) atoms. The van der Waals surface area contributed by atoms with Crippen molar-refractivity contribution in [3.63, 3.8) is 0 Å². The van der Waals surface area contributed by atoms with Crippen molar-refractivity contribution >= 4 is 28.0 Å². The van der Waals surface area contributed by atoms with Crippen LogP contribution in [0.3, 0.4) is 0 Å². The molecule has 0 aliphatic heterocycles. The first kappa shape index (κ1) is 11.2. The topological polar surface area (TPSA) is 93.8 Å². The number of aromatic nitrogens is 3. The second kappa shape index (κ2) is 4.09. The van der Waals surface area contributed by atoms with Gasteiger partial charge in [-0.2, -0.15) is 0 Å². The van der Waals surface area contributed by atoms with Gasteiger partial charge in [-0.1, -0.05) is 6.92 Å². The minimum absolute atomic E-state index is 0.0293. The third-order valence-corrected chi connectivity index (χ3v) is 3.85. The fourth-order valence-electron chi connectivity index (χ4n) is 0.921. The summed E-state index contributed by atoms with van der Waals surface area (Å²) in [6, 6.07) is 0. The van der Waals surface area contributed by atoms with Crippen molar-refractivity contribution in [2.24, 2.45) is 0 Å². The summed E-state index contributed by atoms with van der Waals surface area (Å²) >= 11 is 4.87. The van der Waals surface area contributed by atoms with E-state index in [-0.39, 0.29) is 24.0 Å². The fraction of sp³-hybridized carbons (Fsp3) is 0.667. The number of rotatable bonds is 4. The van der Waals surface area contributed by atoms with E-state index in [4.69, 9.17) is 18.0 Å². The zero-order valence-corrected chi connectivity index (χ0v) is 9.36. The largest absolute Gasteiger partial charge is 0.368 e. The zero-order chi connectivity index (χ0) is 10.8. The highest BCUT2D eigenvalue weighted by Gasteiger charge is 2.09. The molecule has 0 unspecified atom stereocenters. The van der Waals surface area contributed by atoms with Gasteiger partial charge in [-0.3, -0.25) is 4.57 Å². The van der Waals surface area contributed by atoms with Gasteiger partial charge in [0.25, 0.3) is 0 Å². The van der Waals surface area contributed by atoms with Crippen LogP contribution in [0.1, 0.15) is 6.92 Å². The molecule has 3 N–H and O–H groups in total. The number of nitrogens with zero attached hydrogens (tertiary/aromatic N) is 2. The third kappa shape index (κ3) is 2.55. The Morgan fingerprint density at radius 3 is 2.71 bits per heavy atom. The summed E-state index contributed by atoms with van der Waals surface area (Å²) < 4.78 is 24.2. The Hall–Kier alpha value is -0.890. The van der Waals surface area contributed by atoms with E-state index in [2.05, 4.69) is 10.2 Å². The second-order valence-corrected chi connectivity index (χ2v) is 5.63. The first-order valence-electron chi connectivity index (χ1n) is 4.07. The molecule has 0 fully saturated rings. The minimum Gasteiger partial charge on any atom is -0.368 e. The Kier molecular flexibility index (Phi) is 3.27. The number of anilines is 1. The predicted molar refractivity (Wildman–Crippen MR) is 56.2 cm³/mol. The van der Waals surface area contributed by atoms with E-state index in [0.29, 0.717) is 4.77 Å². The van der Waals surface area contributed by atoms with Crippen LogP contribution in [0.4, 0.5) is 5.95 Å². The lowest BCUT2D eigenvalue weighted by Gasteiger charge is -2.03. The summed E-state index contributed by atoms with van der Waals surface area (Å²) in [7, 11) is -2.99. The van der Waals surface area contributed by atoms with Crippen LogP contribution in [0, 0.1) is 4.77 Å². The van der Waals surface area contributed by atoms with Crippen molar-refractivity contribution in [3.05, 3.63) is 4.77 Å². The molecule has 80 valence electrons. The lowest BCUT2D eigenvalue weighted by Crippen LogP contribution is -2.15. The number of sulfone groups is 1. The third-order valence-electron chi connectivity index (χ3n) is 1.85. The number of hydrogen-bond donors (Lipinski definition) is 2. The molecule has 1 heterocycles. The van der Waals surface area contributed by atoms with Crippen molar-refractivity contribution in [3.8, 4) is 0 Å². The molecule has 0 spiro atoms. The molecule has 0 saturated heterocycles. The van der Waals surface area contributed by atoms with E-state index in [9.17, 15) is 8.42 Å². The number of aromatic amines is 1. The molecule has 1 aromatic rings. The molecule has 1 rings (SSSR count). The van der Waals surface area contributed by atoms with Gasteiger partial charge in [-0.15, -0.1) is 5.10 Å². The smallest absolute Gasteiger partial charge is 0.220 e. The molecule has 0 atom stereocenters. The SMILES string of the molecule is CCS(=O)(=O)CCn1c(N)n[nH]c1=S. The van der Waals surface area contributed by atoms with Crippen molar-refractivity contribution in [1.82, 2.24) is 14.8 Å². The van der Waals surface area contributed by atoms with Gasteiger partial charge >= 0.3 is 0 Å². The number of hydrogen-bond acceptors (Lipinski definition) is 5. The number of nitrogens with two attached hydrogens (primary N) is 1. The minimum atomic E-state index is -2.99. The molecule has 0 saturated carbocycles. The van der Waals surface area contributed by atoms with Crippen molar-refractivity contribution in [1.29, 1.82) is 0 Å². The number of nitrogen functional groups attached to an aromatic ring is 1. The van der Waals surface area contributed by atoms with Crippen molar-refractivity contribution in [2.45, 2.75) is 13.5 Å². The van der Waals surface area contributed by atoms with Crippen molar-refractivity contribution < 1.29 is 8.42 Å². The second-order valence-electron chi connectivity index (χ2n) is 2.77. The summed E-state index contributed by atoms with van der Waals surface area (Å²) in [6.07, 6.45) is 0. The lowest BCUT2D eigenvalue weighted by atomic mass is 10.7. The Balaban J connectivity index is 2.77. The highest BCUT2D eigenvalue weighted by atomic mass is 32.2. The van der Waals surface area contributed by atoms with Gasteiger partial charge in [0, 0.05) is 12.3 Å². The maximum atomic E-state index is 11.2. The summed E-state index contributed by atoms with van der Waals surface area (Å²) in [5, 5.41) is 6.16. The number of nitrogens with one attached hydrogen (secondary N) is 1. The van der Waals surface area contributed by atoms with Crippen LogP contribution < -0.4 is 5.73 Å². The van der Waals surface area contributed by atoms with Gasteiger partial charge in [-0.05, 0) is 12.2 Å². The highest BCUT2D eigenvalue weighted by molar-refractivity contribution is 7.91. The van der Waals surface area contributed by atoms with Crippen LogP contribution >= 0.6 is 12.2 Å². The van der Waals surface area contributed by atoms with E-state index >= 15 is 0 Å². The first-order chi connectivity index (χ1) is 6.46. The molecule has 0 aromatic carbocycles. The summed E-state index contributed by atoms with van der Waals surface area (Å²) in [4.78, 5) is 0. The molecule has 0 amide bonds. The Bertz CT molecular complexity index is 458. The highest BCUT2D eigenvalue weighted by Crippen LogP contribution is 2.00. The molecular weight excluding hydrogens is 224 g/mol. The summed E-state index contributed by atoms with van der Waals surface area (Å²) in [6.45, 7) is 1.85. The van der Waals surface area contributed by atoms with Crippen LogP contribution in [-0.4, -0.2) is 34.7 Å². The maximum Gasteiger partial charge on any atom is 0.220 e. The van der Waals surface area contributed by atoms with Crippen LogP contribution in [0.5, 0.6) is 0 Å². The fourth-order valence-corrected chi connectivity index (χ4v) is 1.90. The van der Waals surface area contributed by atoms with E-state index in [1.54, 1.807) is 6.92 Å². The zero-order valence-electron chi connectivity index (χ0n) is 7.73. The van der Waals surface area contributed by atoms with Crippen LogP contribution in [0.15, 0.2) is 0 Å². The Morgan fingerprint density at radius 2 is 2.29 bits per heavy atom. The van der Waals surface area contributed by atoms with Gasteiger partial charge < -0.3 is 5.73 Å². The summed E-state index contributed by atoms with van der Waals surface area (Å²) in [5.41, 5.74) is 5.47. The average Bonchev–Trinajstić information content (AvgIpc) is 2.44. The average molecular weight is 236 g/mol. The molecule has 0 aliphatic rings. The normalized spacial score (nSPS) is 11.8. The Morgan fingerprint density at radius 1 is 1.64 bits per heavy atom. The van der Waals surface area contributed by atoms with Gasteiger partial charge in [0.2, 0.25) is 5.95 Å². The maximum absolute atomic E-state index is 11.2. The lowest BCUT2D eigenvalue weighted by molar-refractivity contribution is 0.590. The van der Waals surface area contributed by atoms with Gasteiger partial charge in [0.05, 0.1) is 5.75 Å². The van der Waals surface area contributed by atoms with Crippen LogP contribution in [0.2, 0.25) is 0 Å². The molecule has 0 aliphatic carbocycles. The molecular formula is C6H12N4O2S2. The summed E-state index contributed by atoms with van der Waals surface area (Å²) in [5.74, 6) is 0.362. The molecule has 0 bridgehead atoms. The standard InChI is InChI=1S/C6H12N4O2S2/c1-2-14(11,12)4-3-10-5(7)8-9-6(10)13/h2-4H2,1H3,(H2,7,8)(H,9,13). The van der Waals surface area contributed by atoms with Gasteiger partial charge in [0.1, 0.15) is 0 Å².